The molecule has 0 aliphatic rings. The molecule has 3 aromatic carbocycles. The van der Waals surface area contributed by atoms with Crippen LogP contribution in [-0.4, -0.2) is 20.9 Å². The normalized spacial score (nSPS) is 10.8. The highest BCUT2D eigenvalue weighted by molar-refractivity contribution is 6.30. The molecule has 1 N–H and O–H groups in total. The Labute approximate surface area is 171 Å². The van der Waals surface area contributed by atoms with Crippen molar-refractivity contribution in [3.63, 3.8) is 0 Å². The fourth-order valence-electron chi connectivity index (χ4n) is 2.95. The number of carbonyl (C=O) groups is 1. The summed E-state index contributed by atoms with van der Waals surface area (Å²) >= 11 is 5.86. The van der Waals surface area contributed by atoms with Gasteiger partial charge in [0.05, 0.1) is 11.9 Å². The number of amides is 1. The third-order valence-electron chi connectivity index (χ3n) is 4.54. The zero-order valence-electron chi connectivity index (χ0n) is 15.4. The van der Waals surface area contributed by atoms with Gasteiger partial charge in [-0.05, 0) is 47.5 Å². The van der Waals surface area contributed by atoms with Gasteiger partial charge in [-0.3, -0.25) is 9.59 Å². The average Bonchev–Trinajstić information content (AvgIpc) is 2.76. The summed E-state index contributed by atoms with van der Waals surface area (Å²) in [7, 11) is 0. The molecule has 0 spiro atoms. The lowest BCUT2D eigenvalue weighted by Crippen LogP contribution is -2.25. The van der Waals surface area contributed by atoms with Crippen molar-refractivity contribution < 1.29 is 4.79 Å². The van der Waals surface area contributed by atoms with Crippen molar-refractivity contribution in [2.75, 3.05) is 0 Å². The molecular formula is C22H17ClN4O2. The van der Waals surface area contributed by atoms with Crippen LogP contribution in [0.15, 0.2) is 77.6 Å². The van der Waals surface area contributed by atoms with Crippen LogP contribution in [0.3, 0.4) is 0 Å². The molecule has 29 heavy (non-hydrogen) atoms. The molecule has 1 amide bonds. The third-order valence-corrected chi connectivity index (χ3v) is 4.80. The molecule has 6 nitrogen and oxygen atoms in total. The number of fused-ring (bicyclic) bond motifs is 1. The number of rotatable bonds is 5. The Bertz CT molecular complexity index is 1220. The van der Waals surface area contributed by atoms with Gasteiger partial charge in [0.1, 0.15) is 5.52 Å². The van der Waals surface area contributed by atoms with Crippen molar-refractivity contribution in [3.8, 4) is 0 Å². The number of aromatic nitrogens is 3. The SMILES string of the molecule is O=C(NCc1ccc(Cl)cc1)c1ccc(Cn2nnc3ccccc3c2=O)cc1. The molecular weight excluding hydrogens is 388 g/mol. The quantitative estimate of drug-likeness (QED) is 0.553. The van der Waals surface area contributed by atoms with Gasteiger partial charge in [-0.1, -0.05) is 53.2 Å². The Morgan fingerprint density at radius 2 is 1.62 bits per heavy atom. The van der Waals surface area contributed by atoms with Crippen LogP contribution in [0.1, 0.15) is 21.5 Å². The number of nitrogens with one attached hydrogen (secondary N) is 1. The van der Waals surface area contributed by atoms with E-state index in [1.54, 1.807) is 54.6 Å². The minimum absolute atomic E-state index is 0.172. The van der Waals surface area contributed by atoms with Gasteiger partial charge in [0.15, 0.2) is 0 Å². The molecule has 4 aromatic rings. The summed E-state index contributed by atoms with van der Waals surface area (Å²) < 4.78 is 1.32. The van der Waals surface area contributed by atoms with Crippen LogP contribution in [0.5, 0.6) is 0 Å². The summed E-state index contributed by atoms with van der Waals surface area (Å²) in [5, 5.41) is 12.1. The smallest absolute Gasteiger partial charge is 0.277 e. The molecule has 0 saturated carbocycles. The molecule has 0 fully saturated rings. The highest BCUT2D eigenvalue weighted by Gasteiger charge is 2.08. The fourth-order valence-corrected chi connectivity index (χ4v) is 3.07. The second kappa shape index (κ2) is 8.24. The van der Waals surface area contributed by atoms with Crippen LogP contribution >= 0.6 is 11.6 Å². The van der Waals surface area contributed by atoms with E-state index in [0.29, 0.717) is 28.0 Å². The first-order chi connectivity index (χ1) is 14.1. The lowest BCUT2D eigenvalue weighted by molar-refractivity contribution is 0.0951. The second-order valence-electron chi connectivity index (χ2n) is 6.58. The first kappa shape index (κ1) is 18.8. The van der Waals surface area contributed by atoms with E-state index in [9.17, 15) is 9.59 Å². The fraction of sp³-hybridized carbons (Fsp3) is 0.0909. The maximum Gasteiger partial charge on any atom is 0.277 e. The van der Waals surface area contributed by atoms with E-state index >= 15 is 0 Å². The molecule has 0 unspecified atom stereocenters. The molecule has 7 heteroatoms. The van der Waals surface area contributed by atoms with Crippen LogP contribution < -0.4 is 10.9 Å². The molecule has 0 aliphatic carbocycles. The van der Waals surface area contributed by atoms with Gasteiger partial charge < -0.3 is 5.32 Å². The standard InChI is InChI=1S/C22H17ClN4O2/c23-18-11-7-15(8-12-18)13-24-21(28)17-9-5-16(6-10-17)14-27-22(29)19-3-1-2-4-20(19)25-26-27/h1-12H,13-14H2,(H,24,28). The molecule has 1 aromatic heterocycles. The summed E-state index contributed by atoms with van der Waals surface area (Å²) in [6.45, 7) is 0.698. The van der Waals surface area contributed by atoms with E-state index in [0.717, 1.165) is 11.1 Å². The number of hydrogen-bond donors (Lipinski definition) is 1. The van der Waals surface area contributed by atoms with Gasteiger partial charge in [0.2, 0.25) is 0 Å². The first-order valence-electron chi connectivity index (χ1n) is 9.04. The molecule has 0 aliphatic heterocycles. The number of halogens is 1. The zero-order chi connectivity index (χ0) is 20.2. The van der Waals surface area contributed by atoms with Crippen LogP contribution in [0.2, 0.25) is 5.02 Å². The molecule has 144 valence electrons. The molecule has 4 rings (SSSR count). The highest BCUT2D eigenvalue weighted by atomic mass is 35.5. The van der Waals surface area contributed by atoms with E-state index in [4.69, 9.17) is 11.6 Å². The van der Waals surface area contributed by atoms with Gasteiger partial charge >= 0.3 is 0 Å². The predicted molar refractivity (Wildman–Crippen MR) is 112 cm³/mol. The predicted octanol–water partition coefficient (Wildman–Crippen LogP) is 3.42. The summed E-state index contributed by atoms with van der Waals surface area (Å²) in [4.78, 5) is 24.9. The Morgan fingerprint density at radius 1 is 0.931 bits per heavy atom. The minimum Gasteiger partial charge on any atom is -0.348 e. The number of benzene rings is 3. The van der Waals surface area contributed by atoms with Crippen molar-refractivity contribution >= 4 is 28.4 Å². The van der Waals surface area contributed by atoms with E-state index < -0.39 is 0 Å². The summed E-state index contributed by atoms with van der Waals surface area (Å²) in [6.07, 6.45) is 0. The first-order valence-corrected chi connectivity index (χ1v) is 9.42. The van der Waals surface area contributed by atoms with Crippen LogP contribution in [0.25, 0.3) is 10.9 Å². The van der Waals surface area contributed by atoms with Crippen molar-refractivity contribution in [2.45, 2.75) is 13.1 Å². The van der Waals surface area contributed by atoms with Gasteiger partial charge in [-0.15, -0.1) is 5.10 Å². The zero-order valence-corrected chi connectivity index (χ0v) is 16.1. The van der Waals surface area contributed by atoms with Crippen molar-refractivity contribution in [2.24, 2.45) is 0 Å². The van der Waals surface area contributed by atoms with Crippen molar-refractivity contribution in [3.05, 3.63) is 105 Å². The largest absolute Gasteiger partial charge is 0.348 e. The summed E-state index contributed by atoms with van der Waals surface area (Å²) in [6, 6.07) is 21.5. The lowest BCUT2D eigenvalue weighted by atomic mass is 10.1. The van der Waals surface area contributed by atoms with Crippen molar-refractivity contribution in [1.82, 2.24) is 20.3 Å². The maximum absolute atomic E-state index is 12.5. The second-order valence-corrected chi connectivity index (χ2v) is 7.01. The van der Waals surface area contributed by atoms with E-state index in [1.165, 1.54) is 4.68 Å². The molecule has 1 heterocycles. The Kier molecular flexibility index (Phi) is 5.35. The lowest BCUT2D eigenvalue weighted by Gasteiger charge is -2.08. The summed E-state index contributed by atoms with van der Waals surface area (Å²) in [5.41, 5.74) is 2.74. The van der Waals surface area contributed by atoms with Gasteiger partial charge in [-0.25, -0.2) is 4.68 Å². The number of hydrogen-bond acceptors (Lipinski definition) is 4. The Balaban J connectivity index is 1.44. The molecule has 0 atom stereocenters. The summed E-state index contributed by atoms with van der Waals surface area (Å²) in [5.74, 6) is -0.172. The highest BCUT2D eigenvalue weighted by Crippen LogP contribution is 2.10. The maximum atomic E-state index is 12.5. The van der Waals surface area contributed by atoms with E-state index in [1.807, 2.05) is 18.2 Å². The topological polar surface area (TPSA) is 76.9 Å². The molecule has 0 radical (unpaired) electrons. The van der Waals surface area contributed by atoms with Crippen LogP contribution in [0, 0.1) is 0 Å². The monoisotopic (exact) mass is 404 g/mol. The average molecular weight is 405 g/mol. The Hall–Kier alpha value is -3.51. The molecule has 0 bridgehead atoms. The van der Waals surface area contributed by atoms with Gasteiger partial charge in [0, 0.05) is 17.1 Å². The van der Waals surface area contributed by atoms with Crippen LogP contribution in [0.4, 0.5) is 0 Å². The van der Waals surface area contributed by atoms with E-state index in [2.05, 4.69) is 15.6 Å². The van der Waals surface area contributed by atoms with E-state index in [-0.39, 0.29) is 18.0 Å². The molecule has 0 saturated heterocycles. The Morgan fingerprint density at radius 3 is 2.38 bits per heavy atom. The van der Waals surface area contributed by atoms with Gasteiger partial charge in [0.25, 0.3) is 11.5 Å². The van der Waals surface area contributed by atoms with Crippen LogP contribution in [-0.2, 0) is 13.1 Å². The minimum atomic E-state index is -0.194. The van der Waals surface area contributed by atoms with Crippen molar-refractivity contribution in [1.29, 1.82) is 0 Å². The number of carbonyl (C=O) groups excluding carboxylic acids is 1. The number of nitrogens with zero attached hydrogens (tertiary/aromatic N) is 3. The van der Waals surface area contributed by atoms with Gasteiger partial charge in [-0.2, -0.15) is 0 Å². The third kappa shape index (κ3) is 4.33.